The zero-order valence-corrected chi connectivity index (χ0v) is 23.4. The first-order chi connectivity index (χ1) is 10.0. The Hall–Kier alpha value is 4.73. The third-order valence-electron chi connectivity index (χ3n) is 0. The van der Waals surface area contributed by atoms with Crippen LogP contribution in [0.15, 0.2) is 0 Å². The van der Waals surface area contributed by atoms with E-state index in [0.717, 1.165) is 0 Å². The number of hydrogen-bond donors (Lipinski definition) is 0. The minimum absolute atomic E-state index is 0. The second-order valence-corrected chi connectivity index (χ2v) is 13.1. The van der Waals surface area contributed by atoms with Gasteiger partial charge < -0.3 is 25.5 Å². The second kappa shape index (κ2) is 20.3. The Kier molecular flexibility index (Phi) is 34.8. The third-order valence-corrected chi connectivity index (χ3v) is 0. The predicted octanol–water partition coefficient (Wildman–Crippen LogP) is 3.37. The number of rotatable bonds is 0. The number of alkyl halides is 15. The number of hydrogen-bond acceptors (Lipinski definition) is 5. The molecule has 0 rings (SSSR count). The van der Waals surface area contributed by atoms with Gasteiger partial charge in [-0.2, -0.15) is 0 Å². The van der Waals surface area contributed by atoms with E-state index in [1.807, 2.05) is 0 Å². The number of halogens is 15. The van der Waals surface area contributed by atoms with Gasteiger partial charge in [-0.05, 0) is 0 Å². The van der Waals surface area contributed by atoms with E-state index in [1.165, 1.54) is 0 Å². The molecule has 21 heteroatoms. The maximum absolute atomic E-state index is 9.40. The van der Waals surface area contributed by atoms with Crippen molar-refractivity contribution >= 4 is 174 Å². The van der Waals surface area contributed by atoms with Crippen molar-refractivity contribution < 1.29 is 44.1 Å². The van der Waals surface area contributed by atoms with Crippen molar-refractivity contribution in [2.24, 2.45) is 0 Å². The molecule has 0 aromatic heterocycles. The Morgan fingerprint density at radius 3 is 0.269 bits per heavy atom. The summed E-state index contributed by atoms with van der Waals surface area (Å²) in [4.78, 5) is 0. The maximum atomic E-state index is 9.40. The summed E-state index contributed by atoms with van der Waals surface area (Å²) in [6, 6.07) is 0. The van der Waals surface area contributed by atoms with E-state index in [2.05, 4.69) is 174 Å². The first kappa shape index (κ1) is 44.4. The van der Waals surface area contributed by atoms with Crippen molar-refractivity contribution in [3.05, 3.63) is 0 Å². The average Bonchev–Trinajstić information content (AvgIpc) is 1.79. The molecule has 0 N–H and O–H groups in total. The molecule has 0 amide bonds. The van der Waals surface area contributed by atoms with Gasteiger partial charge in [0.1, 0.15) is 19.9 Å². The topological polar surface area (TPSA) is 115 Å². The molecule has 0 spiro atoms. The Morgan fingerprint density at radius 2 is 0.269 bits per heavy atom. The molecule has 165 valence electrons. The molecule has 0 aliphatic rings. The van der Waals surface area contributed by atoms with Crippen LogP contribution in [0.2, 0.25) is 0 Å². The van der Waals surface area contributed by atoms with Gasteiger partial charge in [-0.3, -0.25) is 0 Å². The molecule has 0 fully saturated rings. The summed E-state index contributed by atoms with van der Waals surface area (Å²) in [5.41, 5.74) is 0. The van der Waals surface area contributed by atoms with Gasteiger partial charge >= 0.3 is 0 Å². The van der Waals surface area contributed by atoms with Gasteiger partial charge in [-0.1, -0.05) is 0 Å². The molecule has 0 aromatic carbocycles. The second-order valence-electron chi connectivity index (χ2n) is 2.23. The minimum atomic E-state index is -2.33. The average molecular weight is 723 g/mol. The van der Waals surface area contributed by atoms with Crippen molar-refractivity contribution in [2.45, 2.75) is 19.9 Å². The summed E-state index contributed by atoms with van der Waals surface area (Å²) < 4.78 is -11.7. The fourth-order valence-electron chi connectivity index (χ4n) is 0. The molecule has 0 atom stereocenters. The van der Waals surface area contributed by atoms with Crippen molar-refractivity contribution in [2.75, 3.05) is 0 Å². The van der Waals surface area contributed by atoms with Crippen molar-refractivity contribution in [3.63, 3.8) is 0 Å². The van der Waals surface area contributed by atoms with Crippen LogP contribution in [-0.4, -0.2) is 19.9 Å². The maximum Gasteiger partial charge on any atom is 0.123 e. The van der Waals surface area contributed by atoms with Gasteiger partial charge in [-0.25, -0.2) is 0 Å². The summed E-state index contributed by atoms with van der Waals surface area (Å²) in [7, 11) is 0. The largest absolute Gasteiger partial charge is 0.813 e. The molecule has 0 aromatic rings. The normalized spacial score (nSPS) is 11.5. The van der Waals surface area contributed by atoms with E-state index in [1.54, 1.807) is 0 Å². The zero-order chi connectivity index (χ0) is 22.5. The van der Waals surface area contributed by atoms with Gasteiger partial charge in [0.05, 0.1) is 0 Å². The minimum Gasteiger partial charge on any atom is -0.813 e. The van der Waals surface area contributed by atoms with Gasteiger partial charge in [0, 0.05) is 18.6 Å². The summed E-state index contributed by atoms with van der Waals surface area (Å²) in [6.07, 6.45) is 0. The molecule has 5 nitrogen and oxygen atoms in total. The van der Waals surface area contributed by atoms with Crippen LogP contribution in [0, 0.1) is 0 Å². The first-order valence-electron chi connectivity index (χ1n) is 3.86. The van der Waals surface area contributed by atoms with E-state index in [4.69, 9.17) is 0 Å². The van der Waals surface area contributed by atoms with Crippen LogP contribution < -0.4 is 25.5 Å². The summed E-state index contributed by atoms with van der Waals surface area (Å²) >= 11 is 67.6. The van der Waals surface area contributed by atoms with Crippen molar-refractivity contribution in [3.8, 4) is 0 Å². The van der Waals surface area contributed by atoms with Crippen LogP contribution >= 0.6 is 174 Å². The molecule has 26 heavy (non-hydrogen) atoms. The molecule has 0 heterocycles. The van der Waals surface area contributed by atoms with E-state index in [9.17, 15) is 25.5 Å². The van der Waals surface area contributed by atoms with Crippen LogP contribution in [0.4, 0.5) is 0 Å². The van der Waals surface area contributed by atoms with Gasteiger partial charge in [0.15, 0.2) is 0 Å². The molecular weight excluding hydrogens is 723 g/mol. The molecule has 0 saturated heterocycles. The van der Waals surface area contributed by atoms with Crippen molar-refractivity contribution in [1.82, 2.24) is 0 Å². The Labute approximate surface area is 235 Å². The quantitative estimate of drug-likeness (QED) is 0.356. The fourth-order valence-corrected chi connectivity index (χ4v) is 0. The van der Waals surface area contributed by atoms with Crippen LogP contribution in [0.3, 0.4) is 0 Å². The molecule has 0 unspecified atom stereocenters. The SMILES string of the molecule is [O-]C(Cl)(Cl)Cl.[O-]C(Cl)(Cl)Cl.[O-]C(Cl)(Cl)Cl.[O-]C(Cl)(Cl)Cl.[O-]C(Cl)(Cl)Cl.[V]. The van der Waals surface area contributed by atoms with E-state index in [0.29, 0.717) is 0 Å². The molecule has 1 radical (unpaired) electrons. The van der Waals surface area contributed by atoms with E-state index >= 15 is 0 Å². The van der Waals surface area contributed by atoms with Crippen LogP contribution in [0.1, 0.15) is 0 Å². The van der Waals surface area contributed by atoms with E-state index in [-0.39, 0.29) is 18.6 Å². The fraction of sp³-hybridized carbons (Fsp3) is 1.00. The standard InChI is InChI=1S/5CCl3O.V/c5*2-1(3,4)5;/q5*-1;. The molecular formula is C5Cl15O5V-5. The molecule has 0 bridgehead atoms. The predicted molar refractivity (Wildman–Crippen MR) is 101 cm³/mol. The summed E-state index contributed by atoms with van der Waals surface area (Å²) in [6.45, 7) is 0. The van der Waals surface area contributed by atoms with E-state index < -0.39 is 19.9 Å². The van der Waals surface area contributed by atoms with Gasteiger partial charge in [0.25, 0.3) is 0 Å². The molecule has 0 saturated carbocycles. The first-order valence-corrected chi connectivity index (χ1v) is 9.52. The smallest absolute Gasteiger partial charge is 0.123 e. The Morgan fingerprint density at radius 1 is 0.269 bits per heavy atom. The zero-order valence-electron chi connectivity index (χ0n) is 10.7. The molecule has 0 aliphatic heterocycles. The summed E-state index contributed by atoms with van der Waals surface area (Å²) in [5.74, 6) is 0. The summed E-state index contributed by atoms with van der Waals surface area (Å²) in [5, 5.41) is 47.0. The van der Waals surface area contributed by atoms with Crippen LogP contribution in [-0.2, 0) is 18.6 Å². The van der Waals surface area contributed by atoms with Crippen LogP contribution in [0.25, 0.3) is 0 Å². The third kappa shape index (κ3) is 986. The van der Waals surface area contributed by atoms with Crippen LogP contribution in [0.5, 0.6) is 0 Å². The van der Waals surface area contributed by atoms with Crippen molar-refractivity contribution in [1.29, 1.82) is 0 Å². The monoisotopic (exact) mass is 715 g/mol. The Balaban J connectivity index is -0.0000000476. The Bertz CT molecular complexity index is 188. The molecule has 0 aliphatic carbocycles. The van der Waals surface area contributed by atoms with Gasteiger partial charge in [-0.15, -0.1) is 174 Å². The van der Waals surface area contributed by atoms with Gasteiger partial charge in [0.2, 0.25) is 0 Å².